The lowest BCUT2D eigenvalue weighted by molar-refractivity contribution is -0.147. The maximum Gasteiger partial charge on any atom is 0.308 e. The van der Waals surface area contributed by atoms with Crippen LogP contribution < -0.4 is 0 Å². The summed E-state index contributed by atoms with van der Waals surface area (Å²) in [6.45, 7) is 0. The highest BCUT2D eigenvalue weighted by atomic mass is 16.5. The van der Waals surface area contributed by atoms with Gasteiger partial charge < -0.3 is 9.53 Å². The average molecular weight is 170 g/mol. The summed E-state index contributed by atoms with van der Waals surface area (Å²) >= 11 is 0. The SMILES string of the molecule is COC(=O)[C@@H]1CCC[C@@H](C=O)C1. The summed E-state index contributed by atoms with van der Waals surface area (Å²) in [5.74, 6) is -0.136. The average Bonchev–Trinajstić information content (AvgIpc) is 2.17. The van der Waals surface area contributed by atoms with Crippen LogP contribution in [0.2, 0.25) is 0 Å². The van der Waals surface area contributed by atoms with Gasteiger partial charge in [0.25, 0.3) is 0 Å². The van der Waals surface area contributed by atoms with Crippen LogP contribution in [0, 0.1) is 11.8 Å². The molecule has 0 saturated heterocycles. The van der Waals surface area contributed by atoms with E-state index >= 15 is 0 Å². The normalized spacial score (nSPS) is 29.4. The molecule has 12 heavy (non-hydrogen) atoms. The summed E-state index contributed by atoms with van der Waals surface area (Å²) in [5.41, 5.74) is 0. The molecule has 0 heterocycles. The van der Waals surface area contributed by atoms with Crippen molar-refractivity contribution in [2.75, 3.05) is 7.11 Å². The van der Waals surface area contributed by atoms with Gasteiger partial charge in [-0.1, -0.05) is 6.42 Å². The van der Waals surface area contributed by atoms with Crippen molar-refractivity contribution >= 4 is 12.3 Å². The number of esters is 1. The second-order valence-corrected chi connectivity index (χ2v) is 3.28. The maximum absolute atomic E-state index is 11.1. The predicted octanol–water partition coefficient (Wildman–Crippen LogP) is 1.16. The minimum Gasteiger partial charge on any atom is -0.469 e. The highest BCUT2D eigenvalue weighted by Gasteiger charge is 2.27. The first kappa shape index (κ1) is 9.23. The number of ether oxygens (including phenoxy) is 1. The Labute approximate surface area is 72.1 Å². The van der Waals surface area contributed by atoms with E-state index in [1.807, 2.05) is 0 Å². The first-order chi connectivity index (χ1) is 5.77. The molecule has 0 aromatic rings. The van der Waals surface area contributed by atoms with E-state index in [2.05, 4.69) is 4.74 Å². The van der Waals surface area contributed by atoms with Crippen molar-refractivity contribution in [1.82, 2.24) is 0 Å². The number of hydrogen-bond acceptors (Lipinski definition) is 3. The number of methoxy groups -OCH3 is 1. The topological polar surface area (TPSA) is 43.4 Å². The van der Waals surface area contributed by atoms with Crippen LogP contribution in [0.25, 0.3) is 0 Å². The lowest BCUT2D eigenvalue weighted by atomic mass is 9.82. The van der Waals surface area contributed by atoms with E-state index in [0.29, 0.717) is 6.42 Å². The summed E-state index contributed by atoms with van der Waals surface area (Å²) in [7, 11) is 1.40. The number of hydrogen-bond donors (Lipinski definition) is 0. The first-order valence-corrected chi connectivity index (χ1v) is 4.31. The lowest BCUT2D eigenvalue weighted by Gasteiger charge is -2.23. The smallest absolute Gasteiger partial charge is 0.308 e. The number of aldehydes is 1. The second-order valence-electron chi connectivity index (χ2n) is 3.28. The molecular formula is C9H14O3. The van der Waals surface area contributed by atoms with Crippen LogP contribution in [0.3, 0.4) is 0 Å². The van der Waals surface area contributed by atoms with E-state index < -0.39 is 0 Å². The Morgan fingerprint density at radius 1 is 1.50 bits per heavy atom. The molecule has 0 radical (unpaired) electrons. The number of rotatable bonds is 2. The van der Waals surface area contributed by atoms with Crippen molar-refractivity contribution in [3.8, 4) is 0 Å². The largest absolute Gasteiger partial charge is 0.469 e. The van der Waals surface area contributed by atoms with Gasteiger partial charge in [-0.25, -0.2) is 0 Å². The zero-order valence-electron chi connectivity index (χ0n) is 7.29. The molecule has 0 aromatic heterocycles. The third-order valence-corrected chi connectivity index (χ3v) is 2.44. The van der Waals surface area contributed by atoms with Crippen molar-refractivity contribution in [2.45, 2.75) is 25.7 Å². The van der Waals surface area contributed by atoms with Crippen molar-refractivity contribution in [1.29, 1.82) is 0 Å². The van der Waals surface area contributed by atoms with Crippen LogP contribution >= 0.6 is 0 Å². The van der Waals surface area contributed by atoms with E-state index in [1.165, 1.54) is 7.11 Å². The van der Waals surface area contributed by atoms with Crippen molar-refractivity contribution in [3.05, 3.63) is 0 Å². The summed E-state index contributed by atoms with van der Waals surface area (Å²) in [6.07, 6.45) is 4.39. The molecule has 0 bridgehead atoms. The third kappa shape index (κ3) is 2.06. The Hall–Kier alpha value is -0.860. The second kappa shape index (κ2) is 4.24. The molecule has 0 amide bonds. The molecule has 3 nitrogen and oxygen atoms in total. The minimum atomic E-state index is -0.165. The molecule has 68 valence electrons. The van der Waals surface area contributed by atoms with Crippen molar-refractivity contribution in [2.24, 2.45) is 11.8 Å². The maximum atomic E-state index is 11.1. The van der Waals surface area contributed by atoms with Gasteiger partial charge >= 0.3 is 5.97 Å². The Bertz CT molecular complexity index is 177. The first-order valence-electron chi connectivity index (χ1n) is 4.31. The fraction of sp³-hybridized carbons (Fsp3) is 0.778. The molecule has 1 fully saturated rings. The fourth-order valence-electron chi connectivity index (χ4n) is 1.73. The molecule has 2 atom stereocenters. The van der Waals surface area contributed by atoms with Gasteiger partial charge in [0.05, 0.1) is 13.0 Å². The van der Waals surface area contributed by atoms with Gasteiger partial charge in [-0.15, -0.1) is 0 Å². The highest BCUT2D eigenvalue weighted by molar-refractivity contribution is 5.73. The predicted molar refractivity (Wildman–Crippen MR) is 43.5 cm³/mol. The third-order valence-electron chi connectivity index (χ3n) is 2.44. The summed E-state index contributed by atoms with van der Waals surface area (Å²) in [6, 6.07) is 0. The Morgan fingerprint density at radius 2 is 2.25 bits per heavy atom. The Kier molecular flexibility index (Phi) is 3.26. The van der Waals surface area contributed by atoms with Gasteiger partial charge in [0.1, 0.15) is 6.29 Å². The summed E-state index contributed by atoms with van der Waals surface area (Å²) < 4.78 is 4.63. The van der Waals surface area contributed by atoms with Gasteiger partial charge in [-0.3, -0.25) is 4.79 Å². The van der Waals surface area contributed by atoms with Crippen LogP contribution in [-0.4, -0.2) is 19.4 Å². The van der Waals surface area contributed by atoms with E-state index in [-0.39, 0.29) is 17.8 Å². The van der Waals surface area contributed by atoms with E-state index in [0.717, 1.165) is 25.5 Å². The number of carbonyl (C=O) groups is 2. The number of carbonyl (C=O) groups excluding carboxylic acids is 2. The summed E-state index contributed by atoms with van der Waals surface area (Å²) in [4.78, 5) is 21.6. The zero-order chi connectivity index (χ0) is 8.97. The molecule has 1 aliphatic rings. The monoisotopic (exact) mass is 170 g/mol. The van der Waals surface area contributed by atoms with Crippen molar-refractivity contribution < 1.29 is 14.3 Å². The van der Waals surface area contributed by atoms with Crippen LogP contribution in [0.15, 0.2) is 0 Å². The van der Waals surface area contributed by atoms with Crippen LogP contribution in [0.4, 0.5) is 0 Å². The van der Waals surface area contributed by atoms with Crippen molar-refractivity contribution in [3.63, 3.8) is 0 Å². The van der Waals surface area contributed by atoms with Gasteiger partial charge in [-0.05, 0) is 19.3 Å². The molecule has 1 rings (SSSR count). The van der Waals surface area contributed by atoms with E-state index in [1.54, 1.807) is 0 Å². The van der Waals surface area contributed by atoms with E-state index in [4.69, 9.17) is 0 Å². The Balaban J connectivity index is 2.45. The van der Waals surface area contributed by atoms with E-state index in [9.17, 15) is 9.59 Å². The molecule has 0 aromatic carbocycles. The summed E-state index contributed by atoms with van der Waals surface area (Å²) in [5, 5.41) is 0. The molecule has 0 spiro atoms. The van der Waals surface area contributed by atoms with Gasteiger partial charge in [0, 0.05) is 5.92 Å². The Morgan fingerprint density at radius 3 is 2.83 bits per heavy atom. The van der Waals surface area contributed by atoms with Gasteiger partial charge in [0.2, 0.25) is 0 Å². The van der Waals surface area contributed by atoms with Gasteiger partial charge in [-0.2, -0.15) is 0 Å². The molecule has 1 aliphatic carbocycles. The molecule has 3 heteroatoms. The van der Waals surface area contributed by atoms with Crippen LogP contribution in [0.5, 0.6) is 0 Å². The van der Waals surface area contributed by atoms with Crippen LogP contribution in [0.1, 0.15) is 25.7 Å². The standard InChI is InChI=1S/C9H14O3/c1-12-9(11)8-4-2-3-7(5-8)6-10/h6-8H,2-5H2,1H3/t7-,8-/m1/s1. The van der Waals surface area contributed by atoms with Gasteiger partial charge in [0.15, 0.2) is 0 Å². The van der Waals surface area contributed by atoms with Crippen LogP contribution in [-0.2, 0) is 14.3 Å². The highest BCUT2D eigenvalue weighted by Crippen LogP contribution is 2.28. The minimum absolute atomic E-state index is 0.0426. The molecule has 1 saturated carbocycles. The molecule has 0 N–H and O–H groups in total. The zero-order valence-corrected chi connectivity index (χ0v) is 7.29. The quantitative estimate of drug-likeness (QED) is 0.461. The lowest BCUT2D eigenvalue weighted by Crippen LogP contribution is -2.24. The molecular weight excluding hydrogens is 156 g/mol. The molecule has 0 unspecified atom stereocenters. The molecule has 0 aliphatic heterocycles. The fourth-order valence-corrected chi connectivity index (χ4v) is 1.73.